The number of carboxylic acids is 1. The van der Waals surface area contributed by atoms with Gasteiger partial charge in [0.25, 0.3) is 5.91 Å². The van der Waals surface area contributed by atoms with Crippen molar-refractivity contribution in [3.63, 3.8) is 0 Å². The van der Waals surface area contributed by atoms with Crippen molar-refractivity contribution in [3.05, 3.63) is 62.6 Å². The number of aromatic hydroxyl groups is 1. The second-order valence-corrected chi connectivity index (χ2v) is 10.9. The first-order valence-electron chi connectivity index (χ1n) is 11.5. The SMILES string of the molecule is COc1cc([C@@H]2c3sc(=O)[nH]c3S[C@@H]3C(=O)N(CC(=O)O)C(=O)[C@H]23)ccc1OCC(=O)Nc1ccc(O)cc1. The van der Waals surface area contributed by atoms with E-state index in [1.54, 1.807) is 18.2 Å². The minimum absolute atomic E-state index is 0.0641. The minimum Gasteiger partial charge on any atom is -0.508 e. The van der Waals surface area contributed by atoms with Gasteiger partial charge in [0.2, 0.25) is 11.8 Å². The van der Waals surface area contributed by atoms with Gasteiger partial charge in [-0.05, 0) is 42.0 Å². The van der Waals surface area contributed by atoms with Crippen molar-refractivity contribution in [1.29, 1.82) is 0 Å². The first-order valence-corrected chi connectivity index (χ1v) is 13.2. The first kappa shape index (κ1) is 26.3. The highest BCUT2D eigenvalue weighted by Crippen LogP contribution is 2.53. The zero-order chi connectivity index (χ0) is 27.8. The summed E-state index contributed by atoms with van der Waals surface area (Å²) >= 11 is 1.97. The van der Waals surface area contributed by atoms with E-state index >= 15 is 0 Å². The number of carboxylic acid groups (broad SMARTS) is 1. The number of amides is 3. The minimum atomic E-state index is -1.31. The third-order valence-electron chi connectivity index (χ3n) is 6.27. The number of aromatic nitrogens is 1. The number of hydrogen-bond acceptors (Lipinski definition) is 10. The van der Waals surface area contributed by atoms with Gasteiger partial charge in [0.1, 0.15) is 17.5 Å². The van der Waals surface area contributed by atoms with Gasteiger partial charge in [-0.1, -0.05) is 29.2 Å². The van der Waals surface area contributed by atoms with Crippen LogP contribution in [-0.4, -0.2) is 69.3 Å². The number of aliphatic carboxylic acids is 1. The molecule has 5 rings (SSSR count). The number of nitrogens with one attached hydrogen (secondary N) is 2. The van der Waals surface area contributed by atoms with Crippen molar-refractivity contribution in [3.8, 4) is 17.2 Å². The second kappa shape index (κ2) is 10.5. The van der Waals surface area contributed by atoms with E-state index < -0.39 is 47.3 Å². The Kier molecular flexibility index (Phi) is 7.06. The Hall–Kier alpha value is -4.30. The largest absolute Gasteiger partial charge is 0.508 e. The Morgan fingerprint density at radius 2 is 1.82 bits per heavy atom. The highest BCUT2D eigenvalue weighted by Gasteiger charge is 2.56. The molecule has 1 fully saturated rings. The molecule has 0 unspecified atom stereocenters. The van der Waals surface area contributed by atoms with Crippen molar-refractivity contribution in [2.45, 2.75) is 16.2 Å². The number of aromatic amines is 1. The summed E-state index contributed by atoms with van der Waals surface area (Å²) < 4.78 is 11.1. The van der Waals surface area contributed by atoms with E-state index in [9.17, 15) is 34.2 Å². The lowest BCUT2D eigenvalue weighted by Gasteiger charge is -2.30. The number of ether oxygens (including phenoxy) is 2. The van der Waals surface area contributed by atoms with E-state index in [0.29, 0.717) is 21.2 Å². The summed E-state index contributed by atoms with van der Waals surface area (Å²) in [5, 5.41) is 20.8. The molecule has 3 aromatic rings. The van der Waals surface area contributed by atoms with Crippen molar-refractivity contribution >= 4 is 52.5 Å². The Morgan fingerprint density at radius 1 is 1.08 bits per heavy atom. The molecule has 2 aromatic carbocycles. The number of likely N-dealkylation sites (tertiary alicyclic amines) is 1. The van der Waals surface area contributed by atoms with Crippen molar-refractivity contribution in [1.82, 2.24) is 9.88 Å². The molecule has 14 heteroatoms. The van der Waals surface area contributed by atoms with Crippen LogP contribution in [0.15, 0.2) is 52.3 Å². The molecule has 202 valence electrons. The molecule has 3 amide bonds. The quantitative estimate of drug-likeness (QED) is 0.231. The van der Waals surface area contributed by atoms with E-state index in [-0.39, 0.29) is 28.7 Å². The molecule has 2 aliphatic rings. The summed E-state index contributed by atoms with van der Waals surface area (Å²) in [5.74, 6) is -4.08. The van der Waals surface area contributed by atoms with E-state index in [1.165, 1.54) is 31.4 Å². The number of benzene rings is 2. The molecule has 1 aromatic heterocycles. The molecule has 39 heavy (non-hydrogen) atoms. The highest BCUT2D eigenvalue weighted by atomic mass is 32.2. The van der Waals surface area contributed by atoms with Crippen LogP contribution in [0.3, 0.4) is 0 Å². The third-order valence-corrected chi connectivity index (χ3v) is 8.67. The number of rotatable bonds is 8. The Labute approximate surface area is 228 Å². The zero-order valence-electron chi connectivity index (χ0n) is 20.2. The lowest BCUT2D eigenvalue weighted by Crippen LogP contribution is -2.36. The first-order chi connectivity index (χ1) is 18.7. The molecule has 12 nitrogen and oxygen atoms in total. The van der Waals surface area contributed by atoms with Gasteiger partial charge in [-0.2, -0.15) is 0 Å². The van der Waals surface area contributed by atoms with Crippen LogP contribution in [0, 0.1) is 5.92 Å². The van der Waals surface area contributed by atoms with Gasteiger partial charge in [-0.3, -0.25) is 28.9 Å². The molecule has 0 spiro atoms. The van der Waals surface area contributed by atoms with Gasteiger partial charge in [0.15, 0.2) is 18.1 Å². The lowest BCUT2D eigenvalue weighted by molar-refractivity contribution is -0.149. The van der Waals surface area contributed by atoms with Crippen molar-refractivity contribution in [2.24, 2.45) is 5.92 Å². The second-order valence-electron chi connectivity index (χ2n) is 8.70. The van der Waals surface area contributed by atoms with Gasteiger partial charge in [0.05, 0.1) is 18.1 Å². The number of carbonyl (C=O) groups excluding carboxylic acids is 3. The topological polar surface area (TPSA) is 175 Å². The van der Waals surface area contributed by atoms with Crippen molar-refractivity contribution < 1.29 is 38.9 Å². The van der Waals surface area contributed by atoms with Crippen LogP contribution in [0.5, 0.6) is 17.2 Å². The van der Waals surface area contributed by atoms with Crippen LogP contribution in [0.1, 0.15) is 16.4 Å². The maximum Gasteiger partial charge on any atom is 0.323 e. The molecule has 0 bridgehead atoms. The predicted octanol–water partition coefficient (Wildman–Crippen LogP) is 1.84. The molecule has 0 radical (unpaired) electrons. The smallest absolute Gasteiger partial charge is 0.323 e. The van der Waals surface area contributed by atoms with E-state index in [4.69, 9.17) is 9.47 Å². The summed E-state index contributed by atoms with van der Waals surface area (Å²) in [7, 11) is 1.40. The summed E-state index contributed by atoms with van der Waals surface area (Å²) in [6.07, 6.45) is 0. The molecular formula is C25H21N3O9S2. The molecule has 4 N–H and O–H groups in total. The number of fused-ring (bicyclic) bond motifs is 2. The molecule has 1 saturated heterocycles. The number of thioether (sulfide) groups is 1. The molecule has 3 heterocycles. The van der Waals surface area contributed by atoms with Gasteiger partial charge >= 0.3 is 10.8 Å². The number of carbonyl (C=O) groups is 4. The summed E-state index contributed by atoms with van der Waals surface area (Å²) in [6, 6.07) is 10.8. The molecule has 0 saturated carbocycles. The number of phenolic OH excluding ortho intramolecular Hbond substituents is 1. The molecule has 3 atom stereocenters. The standard InChI is InChI=1S/C25H21N3O9S2/c1-36-15-8-11(2-7-14(15)37-10-16(30)26-12-3-5-13(29)6-4-12)18-19-21(38-22-20(18)39-25(35)27-22)24(34)28(23(19)33)9-17(31)32/h2-8,18-19,21,29H,9-10H2,1H3,(H,26,30)(H,27,35)(H,31,32)/t18-,19+,21-/m0/s1. The third kappa shape index (κ3) is 5.07. The van der Waals surface area contributed by atoms with Crippen LogP contribution in [-0.2, 0) is 19.2 Å². The fraction of sp³-hybridized carbons (Fsp3) is 0.240. The number of thiazole rings is 1. The van der Waals surface area contributed by atoms with Crippen LogP contribution < -0.4 is 19.7 Å². The molecule has 0 aliphatic carbocycles. The average molecular weight is 572 g/mol. The summed E-state index contributed by atoms with van der Waals surface area (Å²) in [5.41, 5.74) is 1.03. The number of anilines is 1. The van der Waals surface area contributed by atoms with Crippen LogP contribution in [0.4, 0.5) is 5.69 Å². The fourth-order valence-electron chi connectivity index (χ4n) is 4.61. The number of H-pyrrole nitrogens is 1. The summed E-state index contributed by atoms with van der Waals surface area (Å²) in [4.78, 5) is 65.8. The number of phenols is 1. The molecular weight excluding hydrogens is 550 g/mol. The van der Waals surface area contributed by atoms with Crippen LogP contribution in [0.25, 0.3) is 0 Å². The van der Waals surface area contributed by atoms with E-state index in [0.717, 1.165) is 28.0 Å². The number of nitrogens with zero attached hydrogens (tertiary/aromatic N) is 1. The highest BCUT2D eigenvalue weighted by molar-refractivity contribution is 8.00. The Balaban J connectivity index is 1.42. The van der Waals surface area contributed by atoms with Crippen molar-refractivity contribution in [2.75, 3.05) is 25.6 Å². The normalized spacial score (nSPS) is 19.8. The van der Waals surface area contributed by atoms with Crippen LogP contribution in [0.2, 0.25) is 0 Å². The Bertz CT molecular complexity index is 1530. The molecule has 2 aliphatic heterocycles. The lowest BCUT2D eigenvalue weighted by atomic mass is 9.83. The van der Waals surface area contributed by atoms with Crippen LogP contribution >= 0.6 is 23.1 Å². The number of methoxy groups -OCH3 is 1. The monoisotopic (exact) mass is 571 g/mol. The fourth-order valence-corrected chi connectivity index (χ4v) is 7.14. The number of hydrogen-bond donors (Lipinski definition) is 4. The van der Waals surface area contributed by atoms with Gasteiger partial charge in [-0.15, -0.1) is 0 Å². The Morgan fingerprint density at radius 3 is 2.51 bits per heavy atom. The average Bonchev–Trinajstić information content (AvgIpc) is 3.39. The maximum atomic E-state index is 13.3. The van der Waals surface area contributed by atoms with E-state index in [1.807, 2.05) is 0 Å². The maximum absolute atomic E-state index is 13.3. The van der Waals surface area contributed by atoms with Gasteiger partial charge in [-0.25, -0.2) is 0 Å². The zero-order valence-corrected chi connectivity index (χ0v) is 21.8. The van der Waals surface area contributed by atoms with Gasteiger partial charge < -0.3 is 30.0 Å². The summed E-state index contributed by atoms with van der Waals surface area (Å²) in [6.45, 7) is -1.09. The number of imide groups is 1. The van der Waals surface area contributed by atoms with Gasteiger partial charge in [0, 0.05) is 16.5 Å². The predicted molar refractivity (Wildman–Crippen MR) is 139 cm³/mol. The van der Waals surface area contributed by atoms with E-state index in [2.05, 4.69) is 10.3 Å².